The number of nitrogens with two attached hydrogens (primary N) is 1. The fourth-order valence-electron chi connectivity index (χ4n) is 2.60. The molecule has 1 amide bonds. The molecule has 6 heteroatoms. The van der Waals surface area contributed by atoms with Gasteiger partial charge in [-0.1, -0.05) is 29.8 Å². The van der Waals surface area contributed by atoms with E-state index in [1.165, 1.54) is 5.56 Å². The van der Waals surface area contributed by atoms with E-state index in [-0.39, 0.29) is 5.91 Å². The molecule has 6 nitrogen and oxygen atoms in total. The van der Waals surface area contributed by atoms with Gasteiger partial charge in [0, 0.05) is 23.5 Å². The number of benzene rings is 1. The van der Waals surface area contributed by atoms with Gasteiger partial charge >= 0.3 is 0 Å². The Morgan fingerprint density at radius 2 is 1.84 bits per heavy atom. The maximum absolute atomic E-state index is 12.4. The van der Waals surface area contributed by atoms with Crippen LogP contribution < -0.4 is 11.1 Å². The first kappa shape index (κ1) is 16.9. The first-order valence-corrected chi connectivity index (χ1v) is 8.12. The fourth-order valence-corrected chi connectivity index (χ4v) is 2.60. The number of aromatic nitrogens is 3. The molecule has 0 saturated carbocycles. The second-order valence-corrected chi connectivity index (χ2v) is 6.09. The third kappa shape index (κ3) is 3.92. The Morgan fingerprint density at radius 1 is 1.16 bits per heavy atom. The predicted octanol–water partition coefficient (Wildman–Crippen LogP) is 2.60. The molecule has 3 aromatic rings. The summed E-state index contributed by atoms with van der Waals surface area (Å²) in [5.41, 5.74) is 10.9. The number of aromatic amines is 1. The number of amides is 1. The Balaban J connectivity index is 1.68. The number of carbonyl (C=O) groups excluding carboxylic acids is 1. The molecular formula is C19H21N5O. The van der Waals surface area contributed by atoms with Gasteiger partial charge in [-0.05, 0) is 38.0 Å². The highest BCUT2D eigenvalue weighted by molar-refractivity contribution is 5.95. The van der Waals surface area contributed by atoms with E-state index in [4.69, 9.17) is 5.73 Å². The molecule has 0 aliphatic rings. The zero-order valence-electron chi connectivity index (χ0n) is 14.3. The molecule has 25 heavy (non-hydrogen) atoms. The second kappa shape index (κ2) is 7.27. The van der Waals surface area contributed by atoms with Crippen LogP contribution in [0, 0.1) is 13.8 Å². The Labute approximate surface area is 146 Å². The molecule has 2 heterocycles. The van der Waals surface area contributed by atoms with Gasteiger partial charge in [0.1, 0.15) is 0 Å². The summed E-state index contributed by atoms with van der Waals surface area (Å²) in [6.45, 7) is 3.93. The van der Waals surface area contributed by atoms with Crippen molar-refractivity contribution in [3.8, 4) is 11.3 Å². The number of pyridine rings is 1. The minimum atomic E-state index is -0.636. The standard InChI is InChI=1S/C19H21N5O/c1-12-3-5-14(6-4-12)11-16(20)19(25)22-18-13(2)17(23-24-18)15-7-9-21-10-8-15/h3-10,16H,11,20H2,1-2H3,(H2,22,23,24,25)/t16-/m0/s1. The van der Waals surface area contributed by atoms with Crippen molar-refractivity contribution in [1.82, 2.24) is 15.2 Å². The Morgan fingerprint density at radius 3 is 2.52 bits per heavy atom. The highest BCUT2D eigenvalue weighted by Gasteiger charge is 2.18. The predicted molar refractivity (Wildman–Crippen MR) is 98.0 cm³/mol. The molecule has 0 unspecified atom stereocenters. The van der Waals surface area contributed by atoms with Crippen LogP contribution in [0.25, 0.3) is 11.3 Å². The van der Waals surface area contributed by atoms with Crippen LogP contribution in [0.5, 0.6) is 0 Å². The Bertz CT molecular complexity index is 855. The number of anilines is 1. The third-order valence-electron chi connectivity index (χ3n) is 4.13. The molecule has 0 aliphatic carbocycles. The first-order valence-electron chi connectivity index (χ1n) is 8.12. The molecule has 2 aromatic heterocycles. The summed E-state index contributed by atoms with van der Waals surface area (Å²) in [7, 11) is 0. The van der Waals surface area contributed by atoms with Crippen LogP contribution in [-0.2, 0) is 11.2 Å². The SMILES string of the molecule is Cc1ccc(C[C@H](N)C(=O)Nc2n[nH]c(-c3ccncc3)c2C)cc1. The van der Waals surface area contributed by atoms with E-state index < -0.39 is 6.04 Å². The van der Waals surface area contributed by atoms with Gasteiger partial charge in [0.2, 0.25) is 5.91 Å². The van der Waals surface area contributed by atoms with E-state index in [1.54, 1.807) is 12.4 Å². The minimum absolute atomic E-state index is 0.253. The summed E-state index contributed by atoms with van der Waals surface area (Å²) < 4.78 is 0. The molecule has 0 bridgehead atoms. The van der Waals surface area contributed by atoms with Gasteiger partial charge in [-0.3, -0.25) is 14.9 Å². The van der Waals surface area contributed by atoms with Gasteiger partial charge in [0.25, 0.3) is 0 Å². The smallest absolute Gasteiger partial charge is 0.242 e. The van der Waals surface area contributed by atoms with Crippen LogP contribution in [0.2, 0.25) is 0 Å². The van der Waals surface area contributed by atoms with Crippen molar-refractivity contribution in [2.45, 2.75) is 26.3 Å². The molecule has 0 radical (unpaired) electrons. The molecule has 1 aromatic carbocycles. The average molecular weight is 335 g/mol. The van der Waals surface area contributed by atoms with Crippen molar-refractivity contribution in [1.29, 1.82) is 0 Å². The quantitative estimate of drug-likeness (QED) is 0.667. The van der Waals surface area contributed by atoms with Gasteiger partial charge in [0.15, 0.2) is 5.82 Å². The lowest BCUT2D eigenvalue weighted by atomic mass is 10.0. The highest BCUT2D eigenvalue weighted by Crippen LogP contribution is 2.25. The van der Waals surface area contributed by atoms with Crippen molar-refractivity contribution in [3.63, 3.8) is 0 Å². The first-order chi connectivity index (χ1) is 12.0. The molecular weight excluding hydrogens is 314 g/mol. The van der Waals surface area contributed by atoms with E-state index in [0.717, 1.165) is 22.4 Å². The van der Waals surface area contributed by atoms with Crippen molar-refractivity contribution < 1.29 is 4.79 Å². The number of aryl methyl sites for hydroxylation is 1. The van der Waals surface area contributed by atoms with Crippen molar-refractivity contribution in [3.05, 3.63) is 65.5 Å². The topological polar surface area (TPSA) is 96.7 Å². The normalized spacial score (nSPS) is 12.0. The number of carbonyl (C=O) groups is 1. The van der Waals surface area contributed by atoms with Gasteiger partial charge in [-0.25, -0.2) is 0 Å². The van der Waals surface area contributed by atoms with Crippen molar-refractivity contribution in [2.75, 3.05) is 5.32 Å². The number of hydrogen-bond acceptors (Lipinski definition) is 4. The van der Waals surface area contributed by atoms with Gasteiger partial charge in [-0.2, -0.15) is 5.10 Å². The molecule has 0 aliphatic heterocycles. The number of rotatable bonds is 5. The van der Waals surface area contributed by atoms with Crippen molar-refractivity contribution >= 4 is 11.7 Å². The minimum Gasteiger partial charge on any atom is -0.320 e. The molecule has 0 spiro atoms. The monoisotopic (exact) mass is 335 g/mol. The summed E-state index contributed by atoms with van der Waals surface area (Å²) in [6, 6.07) is 11.1. The lowest BCUT2D eigenvalue weighted by Crippen LogP contribution is -2.37. The van der Waals surface area contributed by atoms with Crippen LogP contribution >= 0.6 is 0 Å². The molecule has 128 valence electrons. The number of nitrogens with one attached hydrogen (secondary N) is 2. The highest BCUT2D eigenvalue weighted by atomic mass is 16.2. The van der Waals surface area contributed by atoms with Crippen LogP contribution in [0.1, 0.15) is 16.7 Å². The van der Waals surface area contributed by atoms with Gasteiger partial charge in [-0.15, -0.1) is 0 Å². The molecule has 0 fully saturated rings. The van der Waals surface area contributed by atoms with Crippen LogP contribution in [-0.4, -0.2) is 27.1 Å². The summed E-state index contributed by atoms with van der Waals surface area (Å²) >= 11 is 0. The number of H-pyrrole nitrogens is 1. The number of nitrogens with zero attached hydrogens (tertiary/aromatic N) is 2. The van der Waals surface area contributed by atoms with E-state index in [9.17, 15) is 4.79 Å². The van der Waals surface area contributed by atoms with E-state index in [0.29, 0.717) is 12.2 Å². The molecule has 1 atom stereocenters. The number of hydrogen-bond donors (Lipinski definition) is 3. The fraction of sp³-hybridized carbons (Fsp3) is 0.211. The summed E-state index contributed by atoms with van der Waals surface area (Å²) in [5, 5.41) is 9.97. The van der Waals surface area contributed by atoms with Crippen LogP contribution in [0.15, 0.2) is 48.8 Å². The lowest BCUT2D eigenvalue weighted by Gasteiger charge is -2.12. The largest absolute Gasteiger partial charge is 0.320 e. The zero-order chi connectivity index (χ0) is 17.8. The molecule has 0 saturated heterocycles. The average Bonchev–Trinajstić information content (AvgIpc) is 2.98. The van der Waals surface area contributed by atoms with Gasteiger partial charge in [0.05, 0.1) is 11.7 Å². The van der Waals surface area contributed by atoms with E-state index in [1.807, 2.05) is 50.2 Å². The lowest BCUT2D eigenvalue weighted by molar-refractivity contribution is -0.117. The van der Waals surface area contributed by atoms with Gasteiger partial charge < -0.3 is 11.1 Å². The molecule has 3 rings (SSSR count). The summed E-state index contributed by atoms with van der Waals surface area (Å²) in [6.07, 6.45) is 3.91. The maximum Gasteiger partial charge on any atom is 0.242 e. The Hall–Kier alpha value is -2.99. The summed E-state index contributed by atoms with van der Waals surface area (Å²) in [4.78, 5) is 16.4. The van der Waals surface area contributed by atoms with Crippen molar-refractivity contribution in [2.24, 2.45) is 5.73 Å². The van der Waals surface area contributed by atoms with E-state index >= 15 is 0 Å². The maximum atomic E-state index is 12.4. The molecule has 4 N–H and O–H groups in total. The van der Waals surface area contributed by atoms with Crippen LogP contribution in [0.4, 0.5) is 5.82 Å². The summed E-state index contributed by atoms with van der Waals surface area (Å²) in [5.74, 6) is 0.243. The van der Waals surface area contributed by atoms with Crippen LogP contribution in [0.3, 0.4) is 0 Å². The third-order valence-corrected chi connectivity index (χ3v) is 4.13. The van der Waals surface area contributed by atoms with E-state index in [2.05, 4.69) is 20.5 Å². The second-order valence-electron chi connectivity index (χ2n) is 6.09. The zero-order valence-corrected chi connectivity index (χ0v) is 14.3. The Kier molecular flexibility index (Phi) is 4.90.